The van der Waals surface area contributed by atoms with Crippen molar-refractivity contribution in [2.45, 2.75) is 38.8 Å². The van der Waals surface area contributed by atoms with Gasteiger partial charge in [0.1, 0.15) is 0 Å². The summed E-state index contributed by atoms with van der Waals surface area (Å²) < 4.78 is 5.53. The van der Waals surface area contributed by atoms with E-state index in [0.717, 1.165) is 39.4 Å². The number of morpholine rings is 1. The molecule has 0 unspecified atom stereocenters. The molecular formula is C20H30N4O. The van der Waals surface area contributed by atoms with Crippen molar-refractivity contribution in [3.8, 4) is 0 Å². The molecule has 3 rings (SSSR count). The Morgan fingerprint density at radius 2 is 1.92 bits per heavy atom. The van der Waals surface area contributed by atoms with Crippen LogP contribution in [-0.2, 0) is 16.7 Å². The maximum atomic E-state index is 5.53. The molecule has 2 aromatic rings. The van der Waals surface area contributed by atoms with Crippen LogP contribution < -0.4 is 5.32 Å². The summed E-state index contributed by atoms with van der Waals surface area (Å²) in [4.78, 5) is 2.52. The van der Waals surface area contributed by atoms with Crippen LogP contribution in [0.3, 0.4) is 0 Å². The smallest absolute Gasteiger partial charge is 0.0594 e. The van der Waals surface area contributed by atoms with Crippen molar-refractivity contribution < 1.29 is 4.74 Å². The summed E-state index contributed by atoms with van der Waals surface area (Å²) in [7, 11) is 0. The zero-order valence-corrected chi connectivity index (χ0v) is 15.6. The summed E-state index contributed by atoms with van der Waals surface area (Å²) in [5, 5.41) is 11.1. The molecule has 1 aliphatic rings. The van der Waals surface area contributed by atoms with E-state index in [9.17, 15) is 0 Å². The molecule has 1 fully saturated rings. The molecule has 2 heterocycles. The number of aromatic amines is 1. The predicted molar refractivity (Wildman–Crippen MR) is 101 cm³/mol. The van der Waals surface area contributed by atoms with E-state index < -0.39 is 0 Å². The molecule has 0 amide bonds. The zero-order chi connectivity index (χ0) is 17.7. The quantitative estimate of drug-likeness (QED) is 0.848. The van der Waals surface area contributed by atoms with Crippen molar-refractivity contribution in [3.05, 3.63) is 53.3 Å². The SMILES string of the molecule is CC(C)(C)c1[nH]ncc1CNC[C@H](c1ccccc1)N1CCOCC1. The summed E-state index contributed by atoms with van der Waals surface area (Å²) in [6.07, 6.45) is 1.94. The molecule has 5 nitrogen and oxygen atoms in total. The van der Waals surface area contributed by atoms with Gasteiger partial charge >= 0.3 is 0 Å². The van der Waals surface area contributed by atoms with Gasteiger partial charge in [-0.25, -0.2) is 0 Å². The van der Waals surface area contributed by atoms with Crippen LogP contribution in [-0.4, -0.2) is 47.9 Å². The van der Waals surface area contributed by atoms with E-state index in [1.165, 1.54) is 16.8 Å². The van der Waals surface area contributed by atoms with Crippen LogP contribution in [0.2, 0.25) is 0 Å². The first kappa shape index (κ1) is 18.1. The van der Waals surface area contributed by atoms with Crippen molar-refractivity contribution in [2.75, 3.05) is 32.8 Å². The first-order valence-electron chi connectivity index (χ1n) is 9.16. The van der Waals surface area contributed by atoms with Crippen LogP contribution in [0.4, 0.5) is 0 Å². The number of nitrogens with zero attached hydrogens (tertiary/aromatic N) is 2. The lowest BCUT2D eigenvalue weighted by molar-refractivity contribution is 0.0161. The topological polar surface area (TPSA) is 53.2 Å². The number of benzene rings is 1. The highest BCUT2D eigenvalue weighted by atomic mass is 16.5. The Bertz CT molecular complexity index is 641. The summed E-state index contributed by atoms with van der Waals surface area (Å²) in [5.74, 6) is 0. The van der Waals surface area contributed by atoms with Gasteiger partial charge in [-0.3, -0.25) is 10.00 Å². The molecule has 136 valence electrons. The molecule has 5 heteroatoms. The molecule has 2 N–H and O–H groups in total. The third kappa shape index (κ3) is 4.69. The first-order chi connectivity index (χ1) is 12.1. The lowest BCUT2D eigenvalue weighted by Crippen LogP contribution is -2.42. The molecule has 1 atom stereocenters. The monoisotopic (exact) mass is 342 g/mol. The van der Waals surface area contributed by atoms with Gasteiger partial charge in [-0.1, -0.05) is 51.1 Å². The third-order valence-electron chi connectivity index (χ3n) is 4.79. The normalized spacial score (nSPS) is 17.6. The molecule has 25 heavy (non-hydrogen) atoms. The second-order valence-electron chi connectivity index (χ2n) is 7.73. The Hall–Kier alpha value is -1.69. The van der Waals surface area contributed by atoms with Crippen LogP contribution in [0.5, 0.6) is 0 Å². The van der Waals surface area contributed by atoms with Gasteiger partial charge in [0.2, 0.25) is 0 Å². The molecule has 1 aliphatic heterocycles. The van der Waals surface area contributed by atoms with Gasteiger partial charge in [0.25, 0.3) is 0 Å². The number of hydrogen-bond acceptors (Lipinski definition) is 4. The maximum Gasteiger partial charge on any atom is 0.0594 e. The summed E-state index contributed by atoms with van der Waals surface area (Å²) in [6.45, 7) is 12.0. The molecule has 0 spiro atoms. The largest absolute Gasteiger partial charge is 0.379 e. The van der Waals surface area contributed by atoms with E-state index >= 15 is 0 Å². The summed E-state index contributed by atoms with van der Waals surface area (Å²) in [6, 6.07) is 11.1. The Morgan fingerprint density at radius 3 is 2.60 bits per heavy atom. The molecular weight excluding hydrogens is 312 g/mol. The fourth-order valence-corrected chi connectivity index (χ4v) is 3.46. The van der Waals surface area contributed by atoms with Crippen LogP contribution in [0.15, 0.2) is 36.5 Å². The van der Waals surface area contributed by atoms with E-state index in [4.69, 9.17) is 4.74 Å². The molecule has 1 aromatic carbocycles. The minimum atomic E-state index is 0.0799. The van der Waals surface area contributed by atoms with Crippen molar-refractivity contribution in [1.29, 1.82) is 0 Å². The predicted octanol–water partition coefficient (Wildman–Crippen LogP) is 2.87. The molecule has 0 aliphatic carbocycles. The number of H-pyrrole nitrogens is 1. The second-order valence-corrected chi connectivity index (χ2v) is 7.73. The number of nitrogens with one attached hydrogen (secondary N) is 2. The Balaban J connectivity index is 1.66. The summed E-state index contributed by atoms with van der Waals surface area (Å²) >= 11 is 0. The third-order valence-corrected chi connectivity index (χ3v) is 4.79. The fourth-order valence-electron chi connectivity index (χ4n) is 3.46. The highest BCUT2D eigenvalue weighted by Gasteiger charge is 2.23. The minimum absolute atomic E-state index is 0.0799. The minimum Gasteiger partial charge on any atom is -0.379 e. The summed E-state index contributed by atoms with van der Waals surface area (Å²) in [5.41, 5.74) is 3.90. The zero-order valence-electron chi connectivity index (χ0n) is 15.6. The van der Waals surface area contributed by atoms with Crippen LogP contribution in [0, 0.1) is 0 Å². The van der Waals surface area contributed by atoms with Gasteiger partial charge < -0.3 is 10.1 Å². The highest BCUT2D eigenvalue weighted by molar-refractivity contribution is 5.24. The molecule has 0 saturated carbocycles. The van der Waals surface area contributed by atoms with Crippen LogP contribution in [0.25, 0.3) is 0 Å². The van der Waals surface area contributed by atoms with Gasteiger partial charge in [-0.2, -0.15) is 5.10 Å². The van der Waals surface area contributed by atoms with Crippen molar-refractivity contribution in [1.82, 2.24) is 20.4 Å². The lowest BCUT2D eigenvalue weighted by atomic mass is 9.89. The number of rotatable bonds is 6. The number of hydrogen-bond donors (Lipinski definition) is 2. The van der Waals surface area contributed by atoms with Crippen molar-refractivity contribution in [2.24, 2.45) is 0 Å². The van der Waals surface area contributed by atoms with Gasteiger partial charge in [-0.15, -0.1) is 0 Å². The van der Waals surface area contributed by atoms with E-state index in [-0.39, 0.29) is 5.41 Å². The van der Waals surface area contributed by atoms with Crippen molar-refractivity contribution >= 4 is 0 Å². The average Bonchev–Trinajstić information content (AvgIpc) is 3.09. The molecule has 0 radical (unpaired) electrons. The van der Waals surface area contributed by atoms with Gasteiger partial charge in [0.15, 0.2) is 0 Å². The molecule has 1 saturated heterocycles. The lowest BCUT2D eigenvalue weighted by Gasteiger charge is -2.35. The standard InChI is InChI=1S/C20H30N4O/c1-20(2,3)19-17(14-22-23-19)13-21-15-18(16-7-5-4-6-8-16)24-9-11-25-12-10-24/h4-8,14,18,21H,9-13,15H2,1-3H3,(H,22,23)/t18-/m1/s1. The van der Waals surface area contributed by atoms with E-state index in [0.29, 0.717) is 6.04 Å². The van der Waals surface area contributed by atoms with E-state index in [1.807, 2.05) is 6.20 Å². The highest BCUT2D eigenvalue weighted by Crippen LogP contribution is 2.24. The molecule has 1 aromatic heterocycles. The van der Waals surface area contributed by atoms with Gasteiger partial charge in [0, 0.05) is 48.9 Å². The van der Waals surface area contributed by atoms with E-state index in [1.54, 1.807) is 0 Å². The Labute approximate surface area is 150 Å². The second kappa shape index (κ2) is 8.13. The Morgan fingerprint density at radius 1 is 1.20 bits per heavy atom. The van der Waals surface area contributed by atoms with Crippen molar-refractivity contribution in [3.63, 3.8) is 0 Å². The Kier molecular flexibility index (Phi) is 5.89. The number of aromatic nitrogens is 2. The number of ether oxygens (including phenoxy) is 1. The molecule has 0 bridgehead atoms. The fraction of sp³-hybridized carbons (Fsp3) is 0.550. The van der Waals surface area contributed by atoms with Gasteiger partial charge in [0.05, 0.1) is 19.4 Å². The van der Waals surface area contributed by atoms with Gasteiger partial charge in [-0.05, 0) is 5.56 Å². The maximum absolute atomic E-state index is 5.53. The van der Waals surface area contributed by atoms with Crippen LogP contribution in [0.1, 0.15) is 43.6 Å². The first-order valence-corrected chi connectivity index (χ1v) is 9.16. The average molecular weight is 342 g/mol. The van der Waals surface area contributed by atoms with Crippen LogP contribution >= 0.6 is 0 Å². The van der Waals surface area contributed by atoms with E-state index in [2.05, 4.69) is 71.5 Å².